The predicted octanol–water partition coefficient (Wildman–Crippen LogP) is 2.90. The number of nitrogens with zero attached hydrogens (tertiary/aromatic N) is 2. The number of aromatic nitrogens is 2. The molecule has 2 N–H and O–H groups in total. The van der Waals surface area contributed by atoms with Crippen LogP contribution in [0, 0.1) is 11.8 Å². The van der Waals surface area contributed by atoms with Gasteiger partial charge >= 0.3 is 0 Å². The van der Waals surface area contributed by atoms with Crippen LogP contribution in [0.1, 0.15) is 51.0 Å². The third-order valence-electron chi connectivity index (χ3n) is 4.53. The van der Waals surface area contributed by atoms with Crippen LogP contribution in [0.2, 0.25) is 0 Å². The summed E-state index contributed by atoms with van der Waals surface area (Å²) in [6, 6.07) is 0.375. The number of hydrogen-bond acceptors (Lipinski definition) is 2. The van der Waals surface area contributed by atoms with Gasteiger partial charge in [0.2, 0.25) is 0 Å². The molecule has 0 aromatic carbocycles. The molecule has 1 aliphatic carbocycles. The molecule has 0 saturated heterocycles. The highest BCUT2D eigenvalue weighted by Crippen LogP contribution is 2.33. The van der Waals surface area contributed by atoms with Crippen molar-refractivity contribution in [2.45, 2.75) is 57.9 Å². The lowest BCUT2D eigenvalue weighted by molar-refractivity contribution is 0.224. The maximum absolute atomic E-state index is 6.39. The molecule has 2 rings (SSSR count). The van der Waals surface area contributed by atoms with Crippen molar-refractivity contribution in [2.75, 3.05) is 0 Å². The average Bonchev–Trinajstić information content (AvgIpc) is 2.82. The zero-order chi connectivity index (χ0) is 13.0. The van der Waals surface area contributed by atoms with Gasteiger partial charge < -0.3 is 5.73 Å². The predicted molar refractivity (Wildman–Crippen MR) is 75.2 cm³/mol. The molecule has 18 heavy (non-hydrogen) atoms. The van der Waals surface area contributed by atoms with Gasteiger partial charge in [-0.2, -0.15) is 5.10 Å². The highest BCUT2D eigenvalue weighted by atomic mass is 15.2. The SMILES string of the molecule is CCC1CCCC(C(N)CCc2cnn(C)c2)C1. The lowest BCUT2D eigenvalue weighted by Crippen LogP contribution is -2.34. The summed E-state index contributed by atoms with van der Waals surface area (Å²) in [5, 5.41) is 4.21. The third-order valence-corrected chi connectivity index (χ3v) is 4.53. The van der Waals surface area contributed by atoms with E-state index in [2.05, 4.69) is 18.2 Å². The van der Waals surface area contributed by atoms with Crippen LogP contribution in [0.4, 0.5) is 0 Å². The number of nitrogens with two attached hydrogens (primary N) is 1. The second-order valence-corrected chi connectivity index (χ2v) is 5.93. The van der Waals surface area contributed by atoms with Crippen LogP contribution in [-0.2, 0) is 13.5 Å². The lowest BCUT2D eigenvalue weighted by atomic mass is 9.76. The smallest absolute Gasteiger partial charge is 0.0521 e. The molecule has 0 bridgehead atoms. The van der Waals surface area contributed by atoms with Gasteiger partial charge in [-0.1, -0.05) is 26.2 Å². The summed E-state index contributed by atoms with van der Waals surface area (Å²) in [6.07, 6.45) is 13.0. The molecule has 3 nitrogen and oxygen atoms in total. The molecular formula is C15H27N3. The molecule has 0 aliphatic heterocycles. The maximum atomic E-state index is 6.39. The minimum absolute atomic E-state index is 0.375. The largest absolute Gasteiger partial charge is 0.327 e. The van der Waals surface area contributed by atoms with Crippen LogP contribution in [0.15, 0.2) is 12.4 Å². The summed E-state index contributed by atoms with van der Waals surface area (Å²) >= 11 is 0. The normalized spacial score (nSPS) is 26.2. The Balaban J connectivity index is 1.78. The molecule has 1 fully saturated rings. The quantitative estimate of drug-likeness (QED) is 0.872. The van der Waals surface area contributed by atoms with E-state index in [1.165, 1.54) is 37.7 Å². The Kier molecular flexibility index (Phi) is 4.81. The average molecular weight is 249 g/mol. The van der Waals surface area contributed by atoms with Crippen LogP contribution < -0.4 is 5.73 Å². The highest BCUT2D eigenvalue weighted by molar-refractivity contribution is 5.04. The van der Waals surface area contributed by atoms with Gasteiger partial charge in [0.05, 0.1) is 6.20 Å². The van der Waals surface area contributed by atoms with Gasteiger partial charge in [-0.15, -0.1) is 0 Å². The van der Waals surface area contributed by atoms with Gasteiger partial charge in [-0.05, 0) is 43.1 Å². The van der Waals surface area contributed by atoms with E-state index >= 15 is 0 Å². The van der Waals surface area contributed by atoms with Gasteiger partial charge in [0.15, 0.2) is 0 Å². The molecule has 102 valence electrons. The summed E-state index contributed by atoms with van der Waals surface area (Å²) in [5.41, 5.74) is 7.71. The van der Waals surface area contributed by atoms with Crippen LogP contribution in [0.3, 0.4) is 0 Å². The summed E-state index contributed by atoms with van der Waals surface area (Å²) < 4.78 is 1.87. The van der Waals surface area contributed by atoms with E-state index in [1.54, 1.807) is 0 Å². The van der Waals surface area contributed by atoms with Crippen molar-refractivity contribution >= 4 is 0 Å². The van der Waals surface area contributed by atoms with Crippen molar-refractivity contribution in [1.82, 2.24) is 9.78 Å². The molecule has 0 amide bonds. The summed E-state index contributed by atoms with van der Waals surface area (Å²) in [4.78, 5) is 0. The lowest BCUT2D eigenvalue weighted by Gasteiger charge is -2.32. The fourth-order valence-corrected chi connectivity index (χ4v) is 3.26. The molecule has 3 atom stereocenters. The van der Waals surface area contributed by atoms with E-state index < -0.39 is 0 Å². The minimum atomic E-state index is 0.375. The molecule has 1 aromatic rings. The zero-order valence-corrected chi connectivity index (χ0v) is 11.8. The van der Waals surface area contributed by atoms with Gasteiger partial charge in [0.25, 0.3) is 0 Å². The number of rotatable bonds is 5. The van der Waals surface area contributed by atoms with Crippen molar-refractivity contribution in [3.63, 3.8) is 0 Å². The topological polar surface area (TPSA) is 43.8 Å². The summed E-state index contributed by atoms with van der Waals surface area (Å²) in [5.74, 6) is 1.67. The molecule has 1 saturated carbocycles. The number of aryl methyl sites for hydroxylation is 2. The Morgan fingerprint density at radius 3 is 3.00 bits per heavy atom. The van der Waals surface area contributed by atoms with Gasteiger partial charge in [0.1, 0.15) is 0 Å². The molecule has 3 unspecified atom stereocenters. The Morgan fingerprint density at radius 1 is 1.50 bits per heavy atom. The first-order chi connectivity index (χ1) is 8.69. The number of hydrogen-bond donors (Lipinski definition) is 1. The van der Waals surface area contributed by atoms with E-state index in [4.69, 9.17) is 5.73 Å². The van der Waals surface area contributed by atoms with Crippen LogP contribution in [0.5, 0.6) is 0 Å². The second-order valence-electron chi connectivity index (χ2n) is 5.93. The Hall–Kier alpha value is -0.830. The zero-order valence-electron chi connectivity index (χ0n) is 11.8. The van der Waals surface area contributed by atoms with Crippen molar-refractivity contribution < 1.29 is 0 Å². The Bertz CT molecular complexity index is 358. The van der Waals surface area contributed by atoms with Crippen LogP contribution >= 0.6 is 0 Å². The van der Waals surface area contributed by atoms with E-state index in [-0.39, 0.29) is 0 Å². The van der Waals surface area contributed by atoms with E-state index in [1.807, 2.05) is 17.9 Å². The Morgan fingerprint density at radius 2 is 2.33 bits per heavy atom. The van der Waals surface area contributed by atoms with Gasteiger partial charge in [-0.3, -0.25) is 4.68 Å². The molecule has 0 spiro atoms. The molecule has 1 aliphatic rings. The van der Waals surface area contributed by atoms with E-state index in [0.717, 1.165) is 24.7 Å². The Labute approximate surface area is 111 Å². The third kappa shape index (κ3) is 3.58. The molecule has 0 radical (unpaired) electrons. The van der Waals surface area contributed by atoms with E-state index in [9.17, 15) is 0 Å². The van der Waals surface area contributed by atoms with Crippen molar-refractivity contribution in [3.8, 4) is 0 Å². The molecule has 1 heterocycles. The molecule has 3 heteroatoms. The minimum Gasteiger partial charge on any atom is -0.327 e. The first kappa shape index (κ1) is 13.6. The molecule has 1 aromatic heterocycles. The fraction of sp³-hybridized carbons (Fsp3) is 0.800. The van der Waals surface area contributed by atoms with Gasteiger partial charge in [-0.25, -0.2) is 0 Å². The monoisotopic (exact) mass is 249 g/mol. The first-order valence-corrected chi connectivity index (χ1v) is 7.42. The molecular weight excluding hydrogens is 222 g/mol. The fourth-order valence-electron chi connectivity index (χ4n) is 3.26. The van der Waals surface area contributed by atoms with Crippen LogP contribution in [0.25, 0.3) is 0 Å². The van der Waals surface area contributed by atoms with Crippen LogP contribution in [-0.4, -0.2) is 15.8 Å². The van der Waals surface area contributed by atoms with E-state index in [0.29, 0.717) is 6.04 Å². The van der Waals surface area contributed by atoms with Crippen molar-refractivity contribution in [3.05, 3.63) is 18.0 Å². The van der Waals surface area contributed by atoms with Crippen molar-refractivity contribution in [2.24, 2.45) is 24.6 Å². The summed E-state index contributed by atoms with van der Waals surface area (Å²) in [6.45, 7) is 2.31. The second kappa shape index (κ2) is 6.37. The maximum Gasteiger partial charge on any atom is 0.0521 e. The standard InChI is InChI=1S/C15H27N3/c1-3-12-5-4-6-14(9-12)15(16)8-7-13-10-17-18(2)11-13/h10-12,14-15H,3-9,16H2,1-2H3. The van der Waals surface area contributed by atoms with Gasteiger partial charge in [0, 0.05) is 19.3 Å². The summed E-state index contributed by atoms with van der Waals surface area (Å²) in [7, 11) is 1.97. The van der Waals surface area contributed by atoms with Crippen molar-refractivity contribution in [1.29, 1.82) is 0 Å². The highest BCUT2D eigenvalue weighted by Gasteiger charge is 2.25. The first-order valence-electron chi connectivity index (χ1n) is 7.42.